The van der Waals surface area contributed by atoms with E-state index in [4.69, 9.17) is 9.40 Å². The molecule has 0 aromatic carbocycles. The number of nitrogens with one attached hydrogen (secondary N) is 2. The number of aryl methyl sites for hydroxylation is 1. The van der Waals surface area contributed by atoms with Crippen LogP contribution in [0.5, 0.6) is 0 Å². The lowest BCUT2D eigenvalue weighted by Gasteiger charge is -2.47. The van der Waals surface area contributed by atoms with E-state index in [0.29, 0.717) is 34.1 Å². The van der Waals surface area contributed by atoms with Gasteiger partial charge in [0.1, 0.15) is 17.0 Å². The number of nitrogens with zero attached hydrogens (tertiary/aromatic N) is 4. The van der Waals surface area contributed by atoms with Crippen molar-refractivity contribution in [2.75, 3.05) is 5.32 Å². The minimum Gasteiger partial charge on any atom is -0.481 e. The van der Waals surface area contributed by atoms with Crippen molar-refractivity contribution in [1.82, 2.24) is 24.9 Å². The molecule has 3 N–H and O–H groups in total. The Morgan fingerprint density at radius 2 is 1.97 bits per heavy atom. The van der Waals surface area contributed by atoms with Crippen molar-refractivity contribution in [1.29, 1.82) is 0 Å². The van der Waals surface area contributed by atoms with Gasteiger partial charge in [-0.05, 0) is 50.5 Å². The molecule has 3 fully saturated rings. The number of hydrogen-bond acceptors (Lipinski definition) is 7. The maximum Gasteiger partial charge on any atom is 0.308 e. The van der Waals surface area contributed by atoms with Gasteiger partial charge < -0.3 is 19.8 Å². The third-order valence-electron chi connectivity index (χ3n) is 7.11. The van der Waals surface area contributed by atoms with Crippen molar-refractivity contribution < 1.29 is 18.7 Å². The molecule has 0 spiro atoms. The van der Waals surface area contributed by atoms with Gasteiger partial charge in [-0.1, -0.05) is 0 Å². The number of rotatable bonds is 5. The monoisotopic (exact) mass is 462 g/mol. The Bertz CT molecular complexity index is 1390. The van der Waals surface area contributed by atoms with Crippen molar-refractivity contribution in [2.45, 2.75) is 38.6 Å². The molecule has 0 amide bonds. The number of aromatic amines is 1. The Morgan fingerprint density at radius 3 is 2.71 bits per heavy atom. The van der Waals surface area contributed by atoms with Crippen molar-refractivity contribution in [3.05, 3.63) is 42.3 Å². The van der Waals surface area contributed by atoms with E-state index in [9.17, 15) is 14.3 Å². The van der Waals surface area contributed by atoms with E-state index in [-0.39, 0.29) is 23.6 Å². The summed E-state index contributed by atoms with van der Waals surface area (Å²) in [5.74, 6) is 0.244. The third-order valence-corrected chi connectivity index (χ3v) is 7.11. The van der Waals surface area contributed by atoms with E-state index < -0.39 is 17.9 Å². The highest BCUT2D eigenvalue weighted by molar-refractivity contribution is 5.88. The van der Waals surface area contributed by atoms with Gasteiger partial charge in [-0.3, -0.25) is 4.79 Å². The zero-order valence-electron chi connectivity index (χ0n) is 18.5. The number of aliphatic carboxylic acids is 1. The normalized spacial score (nSPS) is 23.9. The molecule has 4 heterocycles. The van der Waals surface area contributed by atoms with Crippen LogP contribution in [0.1, 0.15) is 31.4 Å². The molecule has 3 aliphatic carbocycles. The van der Waals surface area contributed by atoms with Crippen LogP contribution in [0.4, 0.5) is 10.2 Å². The van der Waals surface area contributed by atoms with Gasteiger partial charge in [0.05, 0.1) is 23.4 Å². The van der Waals surface area contributed by atoms with Gasteiger partial charge in [-0.2, -0.15) is 4.39 Å². The molecular formula is C24H23FN6O3. The Labute approximate surface area is 193 Å². The third kappa shape index (κ3) is 3.49. The zero-order chi connectivity index (χ0) is 23.4. The largest absolute Gasteiger partial charge is 0.481 e. The number of anilines is 1. The maximum absolute atomic E-state index is 13.6. The van der Waals surface area contributed by atoms with Crippen LogP contribution in [-0.2, 0) is 4.79 Å². The molecule has 4 aromatic rings. The fraction of sp³-hybridized carbons (Fsp3) is 0.375. The van der Waals surface area contributed by atoms with E-state index >= 15 is 0 Å². The first-order chi connectivity index (χ1) is 16.5. The highest BCUT2D eigenvalue weighted by Crippen LogP contribution is 2.46. The van der Waals surface area contributed by atoms with E-state index in [1.54, 1.807) is 18.5 Å². The van der Waals surface area contributed by atoms with Crippen LogP contribution in [-0.4, -0.2) is 42.0 Å². The van der Waals surface area contributed by atoms with E-state index in [0.717, 1.165) is 31.4 Å². The summed E-state index contributed by atoms with van der Waals surface area (Å²) in [5.41, 5.74) is 3.00. The topological polar surface area (TPSA) is 130 Å². The fourth-order valence-corrected chi connectivity index (χ4v) is 5.55. The second kappa shape index (κ2) is 7.89. The second-order valence-electron chi connectivity index (χ2n) is 9.19. The maximum atomic E-state index is 13.6. The molecule has 0 aliphatic heterocycles. The number of carbonyl (C=O) groups is 1. The fourth-order valence-electron chi connectivity index (χ4n) is 5.55. The van der Waals surface area contributed by atoms with Crippen molar-refractivity contribution in [3.63, 3.8) is 0 Å². The smallest absolute Gasteiger partial charge is 0.308 e. The van der Waals surface area contributed by atoms with Crippen LogP contribution in [0.15, 0.2) is 35.0 Å². The molecule has 2 atom stereocenters. The summed E-state index contributed by atoms with van der Waals surface area (Å²) in [6.45, 7) is 1.85. The van der Waals surface area contributed by atoms with E-state index in [1.165, 1.54) is 12.1 Å². The summed E-state index contributed by atoms with van der Waals surface area (Å²) in [6, 6.07) is 3.46. The number of hydrogen-bond donors (Lipinski definition) is 3. The SMILES string of the molecule is Cc1cnc2[nH]cc(-c3nc(N[C@H]4C5CCC(CC5)[C@@H]4C(=O)O)cc(-c4ccc(F)o4)n3)c2n1. The first-order valence-electron chi connectivity index (χ1n) is 11.4. The lowest BCUT2D eigenvalue weighted by atomic mass is 9.61. The van der Waals surface area contributed by atoms with Gasteiger partial charge in [0, 0.05) is 24.4 Å². The highest BCUT2D eigenvalue weighted by atomic mass is 19.1. The average Bonchev–Trinajstić information content (AvgIpc) is 3.45. The lowest BCUT2D eigenvalue weighted by molar-refractivity contribution is -0.148. The first kappa shape index (κ1) is 20.8. The number of carboxylic acid groups (broad SMARTS) is 1. The molecule has 3 aliphatic rings. The van der Waals surface area contributed by atoms with Gasteiger partial charge in [0.25, 0.3) is 6.01 Å². The number of fused-ring (bicyclic) bond motifs is 4. The molecule has 4 aromatic heterocycles. The first-order valence-corrected chi connectivity index (χ1v) is 11.4. The zero-order valence-corrected chi connectivity index (χ0v) is 18.5. The van der Waals surface area contributed by atoms with Crippen molar-refractivity contribution >= 4 is 23.0 Å². The summed E-state index contributed by atoms with van der Waals surface area (Å²) in [4.78, 5) is 33.5. The minimum absolute atomic E-state index is 0.159. The molecule has 34 heavy (non-hydrogen) atoms. The Balaban J connectivity index is 1.46. The molecule has 10 heteroatoms. The molecule has 0 saturated heterocycles. The number of carboxylic acids is 1. The predicted molar refractivity (Wildman–Crippen MR) is 121 cm³/mol. The van der Waals surface area contributed by atoms with Crippen molar-refractivity contribution in [3.8, 4) is 22.8 Å². The molecule has 3 saturated carbocycles. The Hall–Kier alpha value is -3.82. The molecule has 0 unspecified atom stereocenters. The standard InChI is InChI=1S/C24H23FN6O3/c1-11-9-26-23-21(28-11)14(10-27-23)22-29-15(16-6-7-17(25)34-16)8-18(31-22)30-20-13-4-2-12(3-5-13)19(20)24(32)33/h6-10,12-13,19-20H,2-5H2,1H3,(H,26,27)(H,32,33)(H,29,30,31)/t12?,13?,19-,20-/m0/s1. The van der Waals surface area contributed by atoms with E-state index in [2.05, 4.69) is 25.3 Å². The number of H-pyrrole nitrogens is 1. The minimum atomic E-state index is -0.781. The quantitative estimate of drug-likeness (QED) is 0.397. The summed E-state index contributed by atoms with van der Waals surface area (Å²) in [6.07, 6.45) is 7.29. The van der Waals surface area contributed by atoms with Gasteiger partial charge >= 0.3 is 5.97 Å². The molecule has 174 valence electrons. The highest BCUT2D eigenvalue weighted by Gasteiger charge is 2.47. The number of halogens is 1. The Kier molecular flexibility index (Phi) is 4.82. The van der Waals surface area contributed by atoms with Gasteiger partial charge in [-0.15, -0.1) is 0 Å². The van der Waals surface area contributed by atoms with Crippen LogP contribution in [0.3, 0.4) is 0 Å². The van der Waals surface area contributed by atoms with Crippen LogP contribution < -0.4 is 5.32 Å². The predicted octanol–water partition coefficient (Wildman–Crippen LogP) is 4.42. The molecule has 2 bridgehead atoms. The number of furan rings is 1. The van der Waals surface area contributed by atoms with Gasteiger partial charge in [0.15, 0.2) is 17.2 Å². The summed E-state index contributed by atoms with van der Waals surface area (Å²) >= 11 is 0. The summed E-state index contributed by atoms with van der Waals surface area (Å²) in [7, 11) is 0. The van der Waals surface area contributed by atoms with E-state index in [1.807, 2.05) is 6.92 Å². The van der Waals surface area contributed by atoms with Crippen molar-refractivity contribution in [2.24, 2.45) is 17.8 Å². The molecule has 9 nitrogen and oxygen atoms in total. The Morgan fingerprint density at radius 1 is 1.18 bits per heavy atom. The second-order valence-corrected chi connectivity index (χ2v) is 9.19. The van der Waals surface area contributed by atoms with Crippen LogP contribution in [0, 0.1) is 30.7 Å². The molecule has 0 radical (unpaired) electrons. The number of aromatic nitrogens is 5. The van der Waals surface area contributed by atoms with Crippen LogP contribution in [0.2, 0.25) is 0 Å². The van der Waals surface area contributed by atoms with Crippen LogP contribution >= 0.6 is 0 Å². The summed E-state index contributed by atoms with van der Waals surface area (Å²) < 4.78 is 18.8. The molecule has 7 rings (SSSR count). The lowest BCUT2D eigenvalue weighted by Crippen LogP contribution is -2.51. The molecular weight excluding hydrogens is 439 g/mol. The van der Waals surface area contributed by atoms with Gasteiger partial charge in [-0.25, -0.2) is 19.9 Å². The van der Waals surface area contributed by atoms with Gasteiger partial charge in [0.2, 0.25) is 0 Å². The summed E-state index contributed by atoms with van der Waals surface area (Å²) in [5, 5.41) is 13.4. The average molecular weight is 462 g/mol. The van der Waals surface area contributed by atoms with Crippen LogP contribution in [0.25, 0.3) is 34.0 Å².